The summed E-state index contributed by atoms with van der Waals surface area (Å²) in [6.07, 6.45) is 1.21. The average molecular weight is 532 g/mol. The number of anilines is 1. The van der Waals surface area contributed by atoms with Crippen molar-refractivity contribution in [3.8, 4) is 11.4 Å². The van der Waals surface area contributed by atoms with E-state index < -0.39 is 5.92 Å². The Bertz CT molecular complexity index is 1440. The van der Waals surface area contributed by atoms with Crippen molar-refractivity contribution in [3.05, 3.63) is 103 Å². The van der Waals surface area contributed by atoms with Gasteiger partial charge in [-0.2, -0.15) is 5.10 Å². The van der Waals surface area contributed by atoms with E-state index in [1.54, 1.807) is 17.4 Å². The van der Waals surface area contributed by atoms with E-state index >= 15 is 0 Å². The number of ketones is 1. The molecule has 2 N–H and O–H groups in total. The molecular weight excluding hydrogens is 510 g/mol. The number of carbonyl (C=O) groups excluding carboxylic acids is 1. The zero-order chi connectivity index (χ0) is 23.4. The van der Waals surface area contributed by atoms with E-state index in [0.717, 1.165) is 44.9 Å². The van der Waals surface area contributed by atoms with E-state index in [1.807, 2.05) is 60.1 Å². The second-order valence-electron chi connectivity index (χ2n) is 8.79. The van der Waals surface area contributed by atoms with Crippen LogP contribution in [0.4, 0.5) is 5.82 Å². The number of aromatic nitrogens is 2. The molecule has 4 aromatic rings. The summed E-state index contributed by atoms with van der Waals surface area (Å²) in [5.41, 5.74) is 5.07. The number of halogens is 1. The third kappa shape index (κ3) is 3.42. The van der Waals surface area contributed by atoms with Crippen LogP contribution in [0.2, 0.25) is 0 Å². The van der Waals surface area contributed by atoms with Gasteiger partial charge in [0.2, 0.25) is 0 Å². The van der Waals surface area contributed by atoms with Crippen molar-refractivity contribution in [3.63, 3.8) is 0 Å². The van der Waals surface area contributed by atoms with Crippen LogP contribution >= 0.6 is 27.3 Å². The summed E-state index contributed by atoms with van der Waals surface area (Å²) in [5, 5.41) is 21.4. The van der Waals surface area contributed by atoms with Gasteiger partial charge in [0.25, 0.3) is 0 Å². The number of aryl methyl sites for hydroxylation is 1. The Hall–Kier alpha value is -3.16. The topological polar surface area (TPSA) is 67.1 Å². The first-order chi connectivity index (χ1) is 16.5. The lowest BCUT2D eigenvalue weighted by Gasteiger charge is -2.35. The number of phenolic OH excluding ortho intramolecular Hbond substituents is 1. The van der Waals surface area contributed by atoms with Crippen LogP contribution in [0.3, 0.4) is 0 Å². The summed E-state index contributed by atoms with van der Waals surface area (Å²) >= 11 is 5.25. The van der Waals surface area contributed by atoms with Crippen molar-refractivity contribution >= 4 is 38.9 Å². The van der Waals surface area contributed by atoms with Gasteiger partial charge in [0.1, 0.15) is 11.6 Å². The minimum absolute atomic E-state index is 0.119. The van der Waals surface area contributed by atoms with Gasteiger partial charge in [0.15, 0.2) is 5.78 Å². The fraction of sp³-hybridized carbons (Fsp3) is 0.185. The maximum atomic E-state index is 13.7. The highest BCUT2D eigenvalue weighted by Crippen LogP contribution is 2.51. The minimum atomic E-state index is -0.391. The van der Waals surface area contributed by atoms with Gasteiger partial charge in [-0.05, 0) is 55.1 Å². The van der Waals surface area contributed by atoms with Crippen molar-refractivity contribution in [2.45, 2.75) is 31.6 Å². The Balaban J connectivity index is 1.58. The Morgan fingerprint density at radius 2 is 1.94 bits per heavy atom. The number of benzene rings is 2. The molecule has 2 aromatic carbocycles. The highest BCUT2D eigenvalue weighted by Gasteiger charge is 2.42. The lowest BCUT2D eigenvalue weighted by atomic mass is 9.73. The van der Waals surface area contributed by atoms with Crippen molar-refractivity contribution < 1.29 is 9.90 Å². The van der Waals surface area contributed by atoms with Gasteiger partial charge >= 0.3 is 0 Å². The number of Topliss-reactive ketones (excluding diaryl/α,β-unsaturated/α-hetero) is 1. The average Bonchev–Trinajstić information content (AvgIpc) is 3.49. The number of phenols is 1. The third-order valence-corrected chi connectivity index (χ3v) is 8.24. The van der Waals surface area contributed by atoms with E-state index in [-0.39, 0.29) is 17.5 Å². The summed E-state index contributed by atoms with van der Waals surface area (Å²) in [7, 11) is 0. The largest absolute Gasteiger partial charge is 0.508 e. The molecule has 3 heterocycles. The maximum absolute atomic E-state index is 13.7. The quantitative estimate of drug-likeness (QED) is 0.309. The fourth-order valence-electron chi connectivity index (χ4n) is 5.22. The molecule has 0 amide bonds. The number of nitrogens with one attached hydrogen (secondary N) is 1. The van der Waals surface area contributed by atoms with Crippen LogP contribution < -0.4 is 5.32 Å². The predicted molar refractivity (Wildman–Crippen MR) is 138 cm³/mol. The number of hydrogen-bond acceptors (Lipinski definition) is 5. The normalized spacial score (nSPS) is 19.5. The number of hydrogen-bond donors (Lipinski definition) is 2. The van der Waals surface area contributed by atoms with Gasteiger partial charge < -0.3 is 10.4 Å². The van der Waals surface area contributed by atoms with Crippen LogP contribution in [-0.2, 0) is 4.79 Å². The molecule has 0 fully saturated rings. The molecule has 7 heteroatoms. The molecule has 0 radical (unpaired) electrons. The van der Waals surface area contributed by atoms with Crippen LogP contribution in [0.25, 0.3) is 5.69 Å². The third-order valence-electron chi connectivity index (χ3n) is 6.71. The Morgan fingerprint density at radius 1 is 1.12 bits per heavy atom. The Morgan fingerprint density at radius 3 is 2.71 bits per heavy atom. The van der Waals surface area contributed by atoms with Crippen LogP contribution in [0.5, 0.6) is 5.75 Å². The molecular formula is C27H22BrN3O2S. The zero-order valence-electron chi connectivity index (χ0n) is 18.5. The first-order valence-corrected chi connectivity index (χ1v) is 12.9. The molecule has 5 nitrogen and oxygen atoms in total. The van der Waals surface area contributed by atoms with E-state index in [2.05, 4.69) is 32.7 Å². The number of aromatic hydroxyl groups is 1. The lowest BCUT2D eigenvalue weighted by molar-refractivity contribution is -0.116. The molecule has 1 aliphatic heterocycles. The second kappa shape index (κ2) is 8.25. The van der Waals surface area contributed by atoms with Gasteiger partial charge in [-0.25, -0.2) is 4.68 Å². The number of rotatable bonds is 3. The minimum Gasteiger partial charge on any atom is -0.508 e. The molecule has 2 atom stereocenters. The van der Waals surface area contributed by atoms with Crippen LogP contribution in [0.1, 0.15) is 46.4 Å². The second-order valence-corrected chi connectivity index (χ2v) is 10.7. The molecule has 0 bridgehead atoms. The Kier molecular flexibility index (Phi) is 5.19. The molecule has 0 saturated carbocycles. The predicted octanol–water partition coefficient (Wildman–Crippen LogP) is 6.67. The molecule has 0 unspecified atom stereocenters. The maximum Gasteiger partial charge on any atom is 0.162 e. The van der Waals surface area contributed by atoms with Crippen molar-refractivity contribution in [1.82, 2.24) is 9.78 Å². The number of para-hydroxylation sites is 1. The number of carbonyl (C=O) groups is 1. The molecule has 0 spiro atoms. The van der Waals surface area contributed by atoms with Crippen molar-refractivity contribution in [2.75, 3.05) is 5.32 Å². The number of thiophene rings is 1. The first kappa shape index (κ1) is 21.4. The zero-order valence-corrected chi connectivity index (χ0v) is 20.9. The highest BCUT2D eigenvalue weighted by molar-refractivity contribution is 9.10. The summed E-state index contributed by atoms with van der Waals surface area (Å²) in [6, 6.07) is 19.5. The molecule has 0 saturated heterocycles. The van der Waals surface area contributed by atoms with Crippen LogP contribution in [0.15, 0.2) is 81.8 Å². The molecule has 170 valence electrons. The van der Waals surface area contributed by atoms with E-state index in [4.69, 9.17) is 5.10 Å². The summed E-state index contributed by atoms with van der Waals surface area (Å²) in [4.78, 5) is 14.9. The van der Waals surface area contributed by atoms with Gasteiger partial charge in [-0.15, -0.1) is 11.3 Å². The van der Waals surface area contributed by atoms with Crippen molar-refractivity contribution in [2.24, 2.45) is 0 Å². The van der Waals surface area contributed by atoms with Crippen LogP contribution in [0, 0.1) is 6.92 Å². The fourth-order valence-corrected chi connectivity index (χ4v) is 6.43. The summed E-state index contributed by atoms with van der Waals surface area (Å²) in [5.74, 6) is 0.901. The monoisotopic (exact) mass is 531 g/mol. The molecule has 2 aromatic heterocycles. The number of allylic oxidation sites excluding steroid dienone is 2. The van der Waals surface area contributed by atoms with E-state index in [0.29, 0.717) is 12.0 Å². The SMILES string of the molecule is Cc1nn(-c2ccccc2)c2c1[C@H](c1cc(Br)ccc1O)C1=C(C[C@H](c3cccs3)CC1=O)N2. The van der Waals surface area contributed by atoms with E-state index in [1.165, 1.54) is 4.88 Å². The molecule has 6 rings (SSSR count). The summed E-state index contributed by atoms with van der Waals surface area (Å²) in [6.45, 7) is 1.97. The van der Waals surface area contributed by atoms with E-state index in [9.17, 15) is 9.90 Å². The molecule has 2 aliphatic rings. The lowest BCUT2D eigenvalue weighted by Crippen LogP contribution is -2.30. The van der Waals surface area contributed by atoms with Crippen LogP contribution in [-0.4, -0.2) is 20.7 Å². The highest BCUT2D eigenvalue weighted by atomic mass is 79.9. The molecule has 34 heavy (non-hydrogen) atoms. The summed E-state index contributed by atoms with van der Waals surface area (Å²) < 4.78 is 2.77. The van der Waals surface area contributed by atoms with Gasteiger partial charge in [0, 0.05) is 50.0 Å². The standard InChI is InChI=1S/C27H22BrN3O2S/c1-15-24-25(19-14-17(28)9-10-21(19)32)26-20(12-16(13-22(26)33)23-8-5-11-34-23)29-27(24)31(30-15)18-6-3-2-4-7-18/h2-11,14,16,25,29,32H,12-13H2,1H3/t16-,25-/m0/s1. The molecule has 1 aliphatic carbocycles. The number of fused-ring (bicyclic) bond motifs is 1. The smallest absolute Gasteiger partial charge is 0.162 e. The van der Waals surface area contributed by atoms with Gasteiger partial charge in [-0.1, -0.05) is 40.2 Å². The van der Waals surface area contributed by atoms with Gasteiger partial charge in [0.05, 0.1) is 11.4 Å². The number of nitrogens with zero attached hydrogens (tertiary/aromatic N) is 2. The van der Waals surface area contributed by atoms with Crippen molar-refractivity contribution in [1.29, 1.82) is 0 Å². The van der Waals surface area contributed by atoms with Gasteiger partial charge in [-0.3, -0.25) is 4.79 Å². The Labute approximate surface area is 209 Å². The first-order valence-electron chi connectivity index (χ1n) is 11.2.